The van der Waals surface area contributed by atoms with Crippen LogP contribution in [0.3, 0.4) is 0 Å². The summed E-state index contributed by atoms with van der Waals surface area (Å²) in [5, 5.41) is 36.2. The Hall–Kier alpha value is -0.230. The van der Waals surface area contributed by atoms with E-state index in [1.807, 2.05) is 0 Å². The van der Waals surface area contributed by atoms with Crippen LogP contribution >= 0.6 is 15.6 Å². The van der Waals surface area contributed by atoms with Crippen molar-refractivity contribution >= 4 is 21.9 Å². The number of aliphatic hydroxyl groups excluding tert-OH is 4. The van der Waals surface area contributed by atoms with E-state index in [2.05, 4.69) is 8.83 Å². The predicted octanol–water partition coefficient (Wildman–Crippen LogP) is -3.14. The lowest BCUT2D eigenvalue weighted by molar-refractivity contribution is -0.134. The molecule has 120 valence electrons. The van der Waals surface area contributed by atoms with Gasteiger partial charge in [0, 0.05) is 0 Å². The highest BCUT2D eigenvalue weighted by Crippen LogP contribution is 2.58. The third-order valence-corrected chi connectivity index (χ3v) is 4.05. The lowest BCUT2D eigenvalue weighted by Gasteiger charge is -2.26. The highest BCUT2D eigenvalue weighted by atomic mass is 31.3. The van der Waals surface area contributed by atoms with Gasteiger partial charge in [-0.1, -0.05) is 0 Å². The van der Waals surface area contributed by atoms with Gasteiger partial charge in [-0.3, -0.25) is 4.52 Å². The van der Waals surface area contributed by atoms with Gasteiger partial charge in [-0.25, -0.2) is 9.13 Å². The molecule has 0 aliphatic rings. The smallest absolute Gasteiger partial charge is 0.394 e. The normalized spacial score (nSPS) is 21.6. The Balaban J connectivity index is 4.90. The number of aliphatic hydroxyl groups is 4. The molecule has 0 spiro atoms. The van der Waals surface area contributed by atoms with Crippen LogP contribution in [0.1, 0.15) is 0 Å². The summed E-state index contributed by atoms with van der Waals surface area (Å²) in [4.78, 5) is 36.1. The third-order valence-electron chi connectivity index (χ3n) is 1.87. The van der Waals surface area contributed by atoms with Crippen LogP contribution in [0.25, 0.3) is 0 Å². The minimum atomic E-state index is -5.43. The molecule has 0 aliphatic heterocycles. The Morgan fingerprint density at radius 2 is 1.55 bits per heavy atom. The first-order chi connectivity index (χ1) is 8.93. The first-order valence-corrected chi connectivity index (χ1v) is 7.84. The monoisotopic (exact) mass is 340 g/mol. The average molecular weight is 340 g/mol. The molecule has 20 heavy (non-hydrogen) atoms. The van der Waals surface area contributed by atoms with Crippen LogP contribution in [-0.2, 0) is 22.8 Å². The van der Waals surface area contributed by atoms with Gasteiger partial charge in [-0.2, -0.15) is 4.31 Å². The van der Waals surface area contributed by atoms with E-state index in [0.29, 0.717) is 0 Å². The van der Waals surface area contributed by atoms with Crippen LogP contribution in [0.5, 0.6) is 0 Å². The van der Waals surface area contributed by atoms with Crippen molar-refractivity contribution in [3.63, 3.8) is 0 Å². The lowest BCUT2D eigenvalue weighted by atomic mass is 10.0. The first kappa shape index (κ1) is 19.8. The number of phosphoric acid groups is 2. The van der Waals surface area contributed by atoms with Crippen LogP contribution in [0.4, 0.5) is 0 Å². The second-order valence-electron chi connectivity index (χ2n) is 3.48. The fourth-order valence-corrected chi connectivity index (χ4v) is 2.72. The maximum absolute atomic E-state index is 11.1. The van der Waals surface area contributed by atoms with Gasteiger partial charge < -0.3 is 39.9 Å². The molecule has 5 atom stereocenters. The number of rotatable bonds is 9. The molecule has 0 bridgehead atoms. The molecule has 7 N–H and O–H groups in total. The summed E-state index contributed by atoms with van der Waals surface area (Å²) in [6.07, 6.45) is -8.82. The van der Waals surface area contributed by atoms with Crippen molar-refractivity contribution in [2.24, 2.45) is 0 Å². The maximum Gasteiger partial charge on any atom is 0.481 e. The molecule has 0 aromatic rings. The van der Waals surface area contributed by atoms with Crippen molar-refractivity contribution in [2.75, 3.05) is 6.61 Å². The van der Waals surface area contributed by atoms with E-state index in [9.17, 15) is 24.1 Å². The van der Waals surface area contributed by atoms with E-state index in [4.69, 9.17) is 24.9 Å². The summed E-state index contributed by atoms with van der Waals surface area (Å²) in [5.74, 6) is 0. The van der Waals surface area contributed by atoms with Crippen molar-refractivity contribution in [1.82, 2.24) is 0 Å². The molecule has 0 aromatic carbocycles. The van der Waals surface area contributed by atoms with Gasteiger partial charge in [0.05, 0.1) is 6.61 Å². The zero-order valence-electron chi connectivity index (χ0n) is 9.66. The van der Waals surface area contributed by atoms with Crippen molar-refractivity contribution in [3.05, 3.63) is 0 Å². The second-order valence-corrected chi connectivity index (χ2v) is 6.26. The Kier molecular flexibility index (Phi) is 7.60. The van der Waals surface area contributed by atoms with Crippen LogP contribution < -0.4 is 0 Å². The first-order valence-electron chi connectivity index (χ1n) is 4.82. The summed E-state index contributed by atoms with van der Waals surface area (Å²) in [6.45, 7) is -1.00. The topological polar surface area (TPSA) is 211 Å². The quantitative estimate of drug-likeness (QED) is 0.164. The van der Waals surface area contributed by atoms with Crippen LogP contribution in [0, 0.1) is 0 Å². The summed E-state index contributed by atoms with van der Waals surface area (Å²) < 4.78 is 28.8. The Labute approximate surface area is 112 Å². The summed E-state index contributed by atoms with van der Waals surface area (Å²) in [5.41, 5.74) is 0. The molecule has 0 saturated heterocycles. The van der Waals surface area contributed by atoms with Crippen molar-refractivity contribution in [1.29, 1.82) is 0 Å². The number of phosphoric ester groups is 1. The molecule has 0 fully saturated rings. The SMILES string of the molecule is O=CC(OP(=O)(O)OP(=O)(O)O)C(O)C(O)C(O)CO. The van der Waals surface area contributed by atoms with Crippen molar-refractivity contribution in [2.45, 2.75) is 24.4 Å². The number of hydrogen-bond donors (Lipinski definition) is 7. The molecule has 5 unspecified atom stereocenters. The Morgan fingerprint density at radius 3 is 1.90 bits per heavy atom. The highest BCUT2D eigenvalue weighted by Gasteiger charge is 2.40. The summed E-state index contributed by atoms with van der Waals surface area (Å²) >= 11 is 0. The van der Waals surface area contributed by atoms with E-state index >= 15 is 0 Å². The van der Waals surface area contributed by atoms with Gasteiger partial charge in [0.15, 0.2) is 12.4 Å². The number of hydrogen-bond acceptors (Lipinski definition) is 9. The maximum atomic E-state index is 11.1. The molecule has 0 radical (unpaired) electrons. The van der Waals surface area contributed by atoms with E-state index in [0.717, 1.165) is 0 Å². The van der Waals surface area contributed by atoms with E-state index in [1.165, 1.54) is 0 Å². The standard InChI is InChI=1S/C6H14O12P2/c7-1-3(9)5(10)6(11)4(2-8)17-20(15,16)18-19(12,13)14/h2-7,9-11H,1H2,(H,15,16)(H2,12,13,14). The molecule has 0 aromatic heterocycles. The minimum Gasteiger partial charge on any atom is -0.394 e. The van der Waals surface area contributed by atoms with Gasteiger partial charge >= 0.3 is 15.6 Å². The second kappa shape index (κ2) is 7.69. The molecule has 12 nitrogen and oxygen atoms in total. The zero-order valence-corrected chi connectivity index (χ0v) is 11.4. The Morgan fingerprint density at radius 1 is 1.05 bits per heavy atom. The molecular formula is C6H14O12P2. The average Bonchev–Trinajstić information content (AvgIpc) is 2.30. The number of carbonyl (C=O) groups excluding carboxylic acids is 1. The summed E-state index contributed by atoms with van der Waals surface area (Å²) in [6, 6.07) is 0. The number of carbonyl (C=O) groups is 1. The molecule has 0 saturated carbocycles. The Bertz CT molecular complexity index is 405. The molecule has 0 amide bonds. The fourth-order valence-electron chi connectivity index (χ4n) is 1.01. The van der Waals surface area contributed by atoms with Gasteiger partial charge in [-0.05, 0) is 0 Å². The van der Waals surface area contributed by atoms with Gasteiger partial charge in [-0.15, -0.1) is 0 Å². The number of aldehydes is 1. The van der Waals surface area contributed by atoms with Gasteiger partial charge in [0.2, 0.25) is 0 Å². The van der Waals surface area contributed by atoms with Gasteiger partial charge in [0.25, 0.3) is 0 Å². The molecule has 0 aliphatic carbocycles. The molecule has 14 heteroatoms. The van der Waals surface area contributed by atoms with Crippen LogP contribution in [0.15, 0.2) is 0 Å². The third kappa shape index (κ3) is 6.97. The van der Waals surface area contributed by atoms with Gasteiger partial charge in [0.1, 0.15) is 18.3 Å². The fraction of sp³-hybridized carbons (Fsp3) is 0.833. The van der Waals surface area contributed by atoms with Crippen molar-refractivity contribution < 1.29 is 57.9 Å². The van der Waals surface area contributed by atoms with E-state index < -0.39 is 46.7 Å². The lowest BCUT2D eigenvalue weighted by Crippen LogP contribution is -2.47. The zero-order chi connectivity index (χ0) is 16.1. The molecular weight excluding hydrogens is 326 g/mol. The molecule has 0 heterocycles. The van der Waals surface area contributed by atoms with E-state index in [-0.39, 0.29) is 6.29 Å². The largest absolute Gasteiger partial charge is 0.481 e. The predicted molar refractivity (Wildman–Crippen MR) is 59.0 cm³/mol. The van der Waals surface area contributed by atoms with Crippen molar-refractivity contribution in [3.8, 4) is 0 Å². The molecule has 0 rings (SSSR count). The minimum absolute atomic E-state index is 0.274. The van der Waals surface area contributed by atoms with Crippen LogP contribution in [0.2, 0.25) is 0 Å². The van der Waals surface area contributed by atoms with Crippen LogP contribution in [-0.4, -0.2) is 72.4 Å². The summed E-state index contributed by atoms with van der Waals surface area (Å²) in [7, 11) is -10.8. The van der Waals surface area contributed by atoms with E-state index in [1.54, 1.807) is 0 Å². The highest BCUT2D eigenvalue weighted by molar-refractivity contribution is 7.60.